The summed E-state index contributed by atoms with van der Waals surface area (Å²) in [5.41, 5.74) is 2.06. The van der Waals surface area contributed by atoms with Crippen molar-refractivity contribution in [2.75, 3.05) is 13.2 Å². The van der Waals surface area contributed by atoms with E-state index in [0.717, 1.165) is 23.3 Å². The summed E-state index contributed by atoms with van der Waals surface area (Å²) in [6.45, 7) is 3.99. The van der Waals surface area contributed by atoms with Gasteiger partial charge in [0.2, 0.25) is 5.91 Å². The third-order valence-electron chi connectivity index (χ3n) is 4.77. The molecule has 1 heterocycles. The van der Waals surface area contributed by atoms with Crippen LogP contribution in [0.2, 0.25) is 0 Å². The zero-order valence-electron chi connectivity index (χ0n) is 17.9. The number of nitrogens with zero attached hydrogens (tertiary/aromatic N) is 2. The number of aryl methyl sites for hydroxylation is 2. The molecule has 8 heteroatoms. The van der Waals surface area contributed by atoms with E-state index < -0.39 is 17.6 Å². The van der Waals surface area contributed by atoms with E-state index in [2.05, 4.69) is 4.98 Å². The third kappa shape index (κ3) is 6.23. The molecule has 0 atom stereocenters. The van der Waals surface area contributed by atoms with Crippen molar-refractivity contribution in [2.45, 2.75) is 33.2 Å². The summed E-state index contributed by atoms with van der Waals surface area (Å²) in [5, 5.41) is 0. The lowest BCUT2D eigenvalue weighted by Crippen LogP contribution is -2.36. The smallest absolute Gasteiger partial charge is 0.325 e. The summed E-state index contributed by atoms with van der Waals surface area (Å²) in [6.07, 6.45) is 1.53. The van der Waals surface area contributed by atoms with E-state index in [4.69, 9.17) is 9.15 Å². The molecule has 0 N–H and O–H groups in total. The van der Waals surface area contributed by atoms with Crippen LogP contribution in [0, 0.1) is 18.6 Å². The lowest BCUT2D eigenvalue weighted by molar-refractivity contribution is -0.149. The Bertz CT molecular complexity index is 1080. The highest BCUT2D eigenvalue weighted by atomic mass is 19.1. The summed E-state index contributed by atoms with van der Waals surface area (Å²) in [7, 11) is 0. The Morgan fingerprint density at radius 3 is 2.56 bits per heavy atom. The number of ether oxygens (including phenoxy) is 1. The Hall–Kier alpha value is -3.55. The number of rotatable bonds is 9. The molecule has 0 fully saturated rings. The summed E-state index contributed by atoms with van der Waals surface area (Å²) in [5.74, 6) is -1.82. The van der Waals surface area contributed by atoms with Crippen LogP contribution in [0.1, 0.15) is 30.4 Å². The lowest BCUT2D eigenvalue weighted by Gasteiger charge is -2.22. The van der Waals surface area contributed by atoms with Gasteiger partial charge in [-0.2, -0.15) is 0 Å². The first-order chi connectivity index (χ1) is 15.4. The minimum Gasteiger partial charge on any atom is -0.465 e. The van der Waals surface area contributed by atoms with Crippen LogP contribution in [0.25, 0.3) is 11.3 Å². The molecule has 6 nitrogen and oxygen atoms in total. The predicted molar refractivity (Wildman–Crippen MR) is 113 cm³/mol. The van der Waals surface area contributed by atoms with Gasteiger partial charge in [-0.3, -0.25) is 9.59 Å². The van der Waals surface area contributed by atoms with Crippen molar-refractivity contribution >= 4 is 11.9 Å². The molecule has 0 aliphatic rings. The van der Waals surface area contributed by atoms with Crippen LogP contribution in [0.4, 0.5) is 8.78 Å². The van der Waals surface area contributed by atoms with E-state index >= 15 is 0 Å². The molecule has 2 aromatic carbocycles. The van der Waals surface area contributed by atoms with E-state index in [1.54, 1.807) is 6.92 Å². The van der Waals surface area contributed by atoms with E-state index in [0.29, 0.717) is 0 Å². The van der Waals surface area contributed by atoms with Gasteiger partial charge < -0.3 is 14.1 Å². The van der Waals surface area contributed by atoms with Gasteiger partial charge in [-0.1, -0.05) is 29.8 Å². The summed E-state index contributed by atoms with van der Waals surface area (Å²) >= 11 is 0. The molecular weight excluding hydrogens is 418 g/mol. The number of halogens is 2. The molecule has 0 aliphatic carbocycles. The molecule has 32 heavy (non-hydrogen) atoms. The first-order valence-electron chi connectivity index (χ1n) is 10.2. The van der Waals surface area contributed by atoms with E-state index in [1.165, 1.54) is 17.2 Å². The second-order valence-corrected chi connectivity index (χ2v) is 7.28. The normalized spacial score (nSPS) is 10.8. The van der Waals surface area contributed by atoms with Crippen molar-refractivity contribution in [1.29, 1.82) is 0 Å². The van der Waals surface area contributed by atoms with Crippen molar-refractivity contribution < 1.29 is 27.5 Å². The van der Waals surface area contributed by atoms with Crippen LogP contribution in [-0.4, -0.2) is 34.9 Å². The average Bonchev–Trinajstić information content (AvgIpc) is 3.22. The number of benzene rings is 2. The van der Waals surface area contributed by atoms with Gasteiger partial charge in [-0.05, 0) is 31.5 Å². The first kappa shape index (κ1) is 23.1. The van der Waals surface area contributed by atoms with E-state index in [-0.39, 0.29) is 55.7 Å². The molecule has 0 aliphatic heterocycles. The second kappa shape index (κ2) is 10.7. The third-order valence-corrected chi connectivity index (χ3v) is 4.77. The van der Waals surface area contributed by atoms with Gasteiger partial charge in [0.05, 0.1) is 18.4 Å². The van der Waals surface area contributed by atoms with Crippen LogP contribution in [-0.2, 0) is 27.3 Å². The average molecular weight is 442 g/mol. The maximum atomic E-state index is 13.9. The molecule has 0 saturated heterocycles. The Morgan fingerprint density at radius 1 is 1.12 bits per heavy atom. The second-order valence-electron chi connectivity index (χ2n) is 7.28. The predicted octanol–water partition coefficient (Wildman–Crippen LogP) is 4.45. The Morgan fingerprint density at radius 2 is 1.88 bits per heavy atom. The van der Waals surface area contributed by atoms with Gasteiger partial charge in [-0.25, -0.2) is 13.8 Å². The highest BCUT2D eigenvalue weighted by molar-refractivity contribution is 5.82. The fraction of sp³-hybridized carbons (Fsp3) is 0.292. The first-order valence-corrected chi connectivity index (χ1v) is 10.2. The summed E-state index contributed by atoms with van der Waals surface area (Å²) in [6, 6.07) is 10.8. The summed E-state index contributed by atoms with van der Waals surface area (Å²) in [4.78, 5) is 30.3. The molecule has 0 spiro atoms. The van der Waals surface area contributed by atoms with Crippen molar-refractivity contribution in [1.82, 2.24) is 9.88 Å². The van der Waals surface area contributed by atoms with Gasteiger partial charge in [0.15, 0.2) is 11.7 Å². The van der Waals surface area contributed by atoms with Crippen molar-refractivity contribution in [3.05, 3.63) is 77.3 Å². The number of aromatic nitrogens is 1. The minimum absolute atomic E-state index is 0.0388. The Balaban J connectivity index is 1.66. The molecule has 0 radical (unpaired) electrons. The SMILES string of the molecule is CCOC(=O)CN(Cc1ccc(C)cc1)C(=O)CCc1ncc(-c2ccc(F)cc2F)o1. The van der Waals surface area contributed by atoms with Crippen molar-refractivity contribution in [3.8, 4) is 11.3 Å². The highest BCUT2D eigenvalue weighted by Gasteiger charge is 2.20. The zero-order valence-corrected chi connectivity index (χ0v) is 17.9. The Labute approximate surface area is 184 Å². The minimum atomic E-state index is -0.762. The van der Waals surface area contributed by atoms with E-state index in [1.807, 2.05) is 31.2 Å². The molecule has 0 bridgehead atoms. The number of carbonyl (C=O) groups excluding carboxylic acids is 2. The van der Waals surface area contributed by atoms with Gasteiger partial charge in [0, 0.05) is 25.5 Å². The number of amides is 1. The molecule has 0 unspecified atom stereocenters. The lowest BCUT2D eigenvalue weighted by atomic mass is 10.1. The van der Waals surface area contributed by atoms with Crippen LogP contribution < -0.4 is 0 Å². The number of esters is 1. The van der Waals surface area contributed by atoms with Crippen molar-refractivity contribution in [2.24, 2.45) is 0 Å². The highest BCUT2D eigenvalue weighted by Crippen LogP contribution is 2.24. The number of hydrogen-bond acceptors (Lipinski definition) is 5. The topological polar surface area (TPSA) is 72.6 Å². The van der Waals surface area contributed by atoms with Crippen LogP contribution in [0.15, 0.2) is 53.1 Å². The standard InChI is InChI=1S/C24H24F2N2O4/c1-3-31-24(30)15-28(14-17-6-4-16(2)5-7-17)23(29)11-10-22-27-13-21(32-22)19-9-8-18(25)12-20(19)26/h4-9,12-13H,3,10-11,14-15H2,1-2H3. The van der Waals surface area contributed by atoms with Crippen LogP contribution >= 0.6 is 0 Å². The fourth-order valence-electron chi connectivity index (χ4n) is 3.12. The molecule has 3 aromatic rings. The monoisotopic (exact) mass is 442 g/mol. The molecule has 3 rings (SSSR count). The maximum Gasteiger partial charge on any atom is 0.325 e. The van der Waals surface area contributed by atoms with Crippen LogP contribution in [0.5, 0.6) is 0 Å². The summed E-state index contributed by atoms with van der Waals surface area (Å²) < 4.78 is 37.6. The quantitative estimate of drug-likeness (QED) is 0.458. The van der Waals surface area contributed by atoms with Gasteiger partial charge >= 0.3 is 5.97 Å². The molecule has 0 saturated carbocycles. The molecule has 1 aromatic heterocycles. The molecular formula is C24H24F2N2O4. The van der Waals surface area contributed by atoms with Gasteiger partial charge in [0.25, 0.3) is 0 Å². The van der Waals surface area contributed by atoms with E-state index in [9.17, 15) is 18.4 Å². The van der Waals surface area contributed by atoms with Gasteiger partial charge in [0.1, 0.15) is 18.2 Å². The van der Waals surface area contributed by atoms with Crippen molar-refractivity contribution in [3.63, 3.8) is 0 Å². The Kier molecular flexibility index (Phi) is 7.70. The van der Waals surface area contributed by atoms with Crippen LogP contribution in [0.3, 0.4) is 0 Å². The van der Waals surface area contributed by atoms with Gasteiger partial charge in [-0.15, -0.1) is 0 Å². The number of hydrogen-bond donors (Lipinski definition) is 0. The molecule has 168 valence electrons. The number of carbonyl (C=O) groups is 2. The largest absolute Gasteiger partial charge is 0.465 e. The number of oxazole rings is 1. The fourth-order valence-corrected chi connectivity index (χ4v) is 3.12. The zero-order chi connectivity index (χ0) is 23.1. The molecule has 1 amide bonds. The maximum absolute atomic E-state index is 13.9.